The van der Waals surface area contributed by atoms with Gasteiger partial charge in [0.05, 0.1) is 19.4 Å². The van der Waals surface area contributed by atoms with Crippen molar-refractivity contribution < 1.29 is 23.5 Å². The van der Waals surface area contributed by atoms with Gasteiger partial charge in [0.15, 0.2) is 11.5 Å². The molecule has 1 heterocycles. The Bertz CT molecular complexity index is 868. The second-order valence-corrected chi connectivity index (χ2v) is 9.06. The highest BCUT2D eigenvalue weighted by Crippen LogP contribution is 2.56. The molecule has 1 N–H and O–H groups in total. The molecule has 0 aliphatic heterocycles. The summed E-state index contributed by atoms with van der Waals surface area (Å²) in [7, 11) is -2.03. The van der Waals surface area contributed by atoms with Crippen LogP contribution in [0.15, 0.2) is 24.4 Å². The second kappa shape index (κ2) is 9.44. The number of aryl methyl sites for hydroxylation is 2. The van der Waals surface area contributed by atoms with E-state index in [9.17, 15) is 9.67 Å². The zero-order valence-corrected chi connectivity index (χ0v) is 18.4. The molecule has 2 rings (SSSR count). The first-order valence-electron chi connectivity index (χ1n) is 9.48. The minimum atomic E-state index is -3.49. The molecule has 2 unspecified atom stereocenters. The standard InChI is InChI=1S/C21H30NO5P/c1-7-18(13-19-16(5)14(3)9-10-22-19)28(24,26-8-2)27-17-11-15(4)21(23)20(12-17)25-6/h9-12,18,23H,7-8,13H2,1-6H3. The highest BCUT2D eigenvalue weighted by Gasteiger charge is 2.37. The normalized spacial score (nSPS) is 14.4. The summed E-state index contributed by atoms with van der Waals surface area (Å²) < 4.78 is 30.5. The minimum Gasteiger partial charge on any atom is -0.504 e. The molecule has 2 atom stereocenters. The van der Waals surface area contributed by atoms with Crippen molar-refractivity contribution in [2.24, 2.45) is 0 Å². The van der Waals surface area contributed by atoms with Crippen LogP contribution in [0, 0.1) is 20.8 Å². The zero-order chi connectivity index (χ0) is 20.9. The first-order chi connectivity index (χ1) is 13.3. The fourth-order valence-electron chi connectivity index (χ4n) is 3.05. The Morgan fingerprint density at radius 3 is 2.50 bits per heavy atom. The average Bonchev–Trinajstić information content (AvgIpc) is 2.65. The summed E-state index contributed by atoms with van der Waals surface area (Å²) in [5, 5.41) is 10.0. The summed E-state index contributed by atoms with van der Waals surface area (Å²) in [5.41, 5.74) is 3.36. The van der Waals surface area contributed by atoms with Crippen molar-refractivity contribution in [2.75, 3.05) is 13.7 Å². The van der Waals surface area contributed by atoms with Crippen molar-refractivity contribution in [1.82, 2.24) is 4.98 Å². The Labute approximate surface area is 167 Å². The van der Waals surface area contributed by atoms with E-state index in [2.05, 4.69) is 4.98 Å². The Kier molecular flexibility index (Phi) is 7.50. The van der Waals surface area contributed by atoms with Crippen molar-refractivity contribution >= 4 is 7.60 Å². The van der Waals surface area contributed by atoms with E-state index in [-0.39, 0.29) is 23.8 Å². The molecule has 0 amide bonds. The highest BCUT2D eigenvalue weighted by molar-refractivity contribution is 7.55. The lowest BCUT2D eigenvalue weighted by atomic mass is 10.1. The van der Waals surface area contributed by atoms with E-state index < -0.39 is 7.60 Å². The molecule has 154 valence electrons. The summed E-state index contributed by atoms with van der Waals surface area (Å²) in [6, 6.07) is 5.12. The third-order valence-electron chi connectivity index (χ3n) is 4.93. The molecule has 0 spiro atoms. The number of hydrogen-bond donors (Lipinski definition) is 1. The fraction of sp³-hybridized carbons (Fsp3) is 0.476. The predicted octanol–water partition coefficient (Wildman–Crippen LogP) is 5.35. The number of methoxy groups -OCH3 is 1. The van der Waals surface area contributed by atoms with Gasteiger partial charge >= 0.3 is 7.60 Å². The Balaban J connectivity index is 2.38. The maximum atomic E-state index is 13.7. The summed E-state index contributed by atoms with van der Waals surface area (Å²) >= 11 is 0. The van der Waals surface area contributed by atoms with Crippen LogP contribution in [-0.4, -0.2) is 29.5 Å². The number of hydrogen-bond acceptors (Lipinski definition) is 6. The van der Waals surface area contributed by atoms with Crippen LogP contribution in [0.25, 0.3) is 0 Å². The van der Waals surface area contributed by atoms with Gasteiger partial charge in [-0.25, -0.2) is 4.57 Å². The lowest BCUT2D eigenvalue weighted by molar-refractivity contribution is 0.267. The van der Waals surface area contributed by atoms with Crippen LogP contribution in [0.5, 0.6) is 17.2 Å². The van der Waals surface area contributed by atoms with Crippen LogP contribution in [0.3, 0.4) is 0 Å². The summed E-state index contributed by atoms with van der Waals surface area (Å²) in [6.45, 7) is 9.81. The SMILES string of the molecule is CCOP(=O)(Oc1cc(C)c(O)c(OC)c1)C(CC)Cc1nccc(C)c1C. The van der Waals surface area contributed by atoms with Gasteiger partial charge in [0.1, 0.15) is 5.75 Å². The van der Waals surface area contributed by atoms with E-state index in [0.717, 1.165) is 16.8 Å². The Morgan fingerprint density at radius 2 is 1.89 bits per heavy atom. The molecule has 0 fully saturated rings. The smallest absolute Gasteiger partial charge is 0.382 e. The van der Waals surface area contributed by atoms with Crippen molar-refractivity contribution in [2.45, 2.75) is 53.1 Å². The average molecular weight is 407 g/mol. The van der Waals surface area contributed by atoms with Crippen molar-refractivity contribution in [3.63, 3.8) is 0 Å². The third-order valence-corrected chi connectivity index (χ3v) is 7.45. The van der Waals surface area contributed by atoms with Crippen LogP contribution in [0.1, 0.15) is 42.7 Å². The van der Waals surface area contributed by atoms with E-state index in [1.165, 1.54) is 13.2 Å². The lowest BCUT2D eigenvalue weighted by Gasteiger charge is -2.27. The molecule has 28 heavy (non-hydrogen) atoms. The monoisotopic (exact) mass is 407 g/mol. The van der Waals surface area contributed by atoms with E-state index in [1.54, 1.807) is 26.1 Å². The largest absolute Gasteiger partial charge is 0.504 e. The molecule has 7 heteroatoms. The van der Waals surface area contributed by atoms with Crippen molar-refractivity contribution in [3.8, 4) is 17.2 Å². The van der Waals surface area contributed by atoms with E-state index in [1.807, 2.05) is 26.8 Å². The number of aromatic nitrogens is 1. The number of benzene rings is 1. The van der Waals surface area contributed by atoms with Gasteiger partial charge in [-0.2, -0.15) is 0 Å². The van der Waals surface area contributed by atoms with Crippen molar-refractivity contribution in [1.29, 1.82) is 0 Å². The van der Waals surface area contributed by atoms with Gasteiger partial charge < -0.3 is 14.4 Å². The Hall–Kier alpha value is -2.04. The molecule has 6 nitrogen and oxygen atoms in total. The molecule has 0 bridgehead atoms. The Morgan fingerprint density at radius 1 is 1.18 bits per heavy atom. The molecule has 0 aliphatic carbocycles. The summed E-state index contributed by atoms with van der Waals surface area (Å²) in [4.78, 5) is 4.48. The van der Waals surface area contributed by atoms with Gasteiger partial charge in [-0.15, -0.1) is 0 Å². The van der Waals surface area contributed by atoms with Crippen LogP contribution >= 0.6 is 7.60 Å². The molecule has 0 radical (unpaired) electrons. The van der Waals surface area contributed by atoms with Gasteiger partial charge in [-0.05, 0) is 62.9 Å². The maximum Gasteiger partial charge on any atom is 0.382 e. The first kappa shape index (κ1) is 22.3. The molecule has 0 aliphatic rings. The van der Waals surface area contributed by atoms with Gasteiger partial charge in [-0.3, -0.25) is 9.51 Å². The van der Waals surface area contributed by atoms with Crippen LogP contribution in [0.4, 0.5) is 0 Å². The summed E-state index contributed by atoms with van der Waals surface area (Å²) in [6.07, 6.45) is 2.88. The number of phenolic OH excluding ortho intramolecular Hbond substituents is 1. The number of phenols is 1. The third kappa shape index (κ3) is 4.86. The predicted molar refractivity (Wildman–Crippen MR) is 111 cm³/mol. The van der Waals surface area contributed by atoms with E-state index in [0.29, 0.717) is 24.2 Å². The van der Waals surface area contributed by atoms with E-state index >= 15 is 0 Å². The van der Waals surface area contributed by atoms with E-state index in [4.69, 9.17) is 13.8 Å². The second-order valence-electron chi connectivity index (χ2n) is 6.81. The van der Waals surface area contributed by atoms with Crippen LogP contribution in [0.2, 0.25) is 0 Å². The molecular formula is C21H30NO5P. The summed E-state index contributed by atoms with van der Waals surface area (Å²) in [5.74, 6) is 0.645. The minimum absolute atomic E-state index is 0.0349. The van der Waals surface area contributed by atoms with Gasteiger partial charge in [0, 0.05) is 24.4 Å². The van der Waals surface area contributed by atoms with Crippen LogP contribution < -0.4 is 9.26 Å². The lowest BCUT2D eigenvalue weighted by Crippen LogP contribution is -2.18. The first-order valence-corrected chi connectivity index (χ1v) is 11.1. The molecular weight excluding hydrogens is 377 g/mol. The quantitative estimate of drug-likeness (QED) is 0.565. The van der Waals surface area contributed by atoms with Gasteiger partial charge in [-0.1, -0.05) is 6.92 Å². The topological polar surface area (TPSA) is 77.9 Å². The molecule has 1 aromatic carbocycles. The van der Waals surface area contributed by atoms with Crippen molar-refractivity contribution in [3.05, 3.63) is 46.8 Å². The van der Waals surface area contributed by atoms with Gasteiger partial charge in [0.2, 0.25) is 0 Å². The number of nitrogens with zero attached hydrogens (tertiary/aromatic N) is 1. The number of rotatable bonds is 9. The van der Waals surface area contributed by atoms with Crippen LogP contribution in [-0.2, 0) is 15.5 Å². The highest BCUT2D eigenvalue weighted by atomic mass is 31.2. The number of ether oxygens (including phenoxy) is 1. The molecule has 0 saturated heterocycles. The van der Waals surface area contributed by atoms with Gasteiger partial charge in [0.25, 0.3) is 0 Å². The fourth-order valence-corrected chi connectivity index (χ4v) is 5.07. The molecule has 1 aromatic heterocycles. The molecule has 2 aromatic rings. The number of pyridine rings is 1. The zero-order valence-electron chi connectivity index (χ0n) is 17.5. The maximum absolute atomic E-state index is 13.7. The molecule has 0 saturated carbocycles. The number of aromatic hydroxyl groups is 1.